The van der Waals surface area contributed by atoms with Crippen molar-refractivity contribution in [1.82, 2.24) is 4.98 Å². The standard InChI is InChI=1S/C12H14ClNO/c1-7-4-8-5-10(13)9(12(2,3)15)6-11(8)14-7/h4-6,14-15H,1-3H3. The first kappa shape index (κ1) is 10.5. The lowest BCUT2D eigenvalue weighted by atomic mass is 9.97. The normalized spacial score (nSPS) is 12.3. The van der Waals surface area contributed by atoms with Gasteiger partial charge >= 0.3 is 0 Å². The van der Waals surface area contributed by atoms with Crippen molar-refractivity contribution >= 4 is 22.5 Å². The molecule has 0 radical (unpaired) electrons. The molecule has 0 saturated carbocycles. The summed E-state index contributed by atoms with van der Waals surface area (Å²) in [6, 6.07) is 5.83. The summed E-state index contributed by atoms with van der Waals surface area (Å²) in [6.45, 7) is 5.46. The quantitative estimate of drug-likeness (QED) is 0.764. The van der Waals surface area contributed by atoms with Crippen LogP contribution in [0.25, 0.3) is 10.9 Å². The lowest BCUT2D eigenvalue weighted by Crippen LogP contribution is -2.15. The molecule has 1 aromatic carbocycles. The Morgan fingerprint density at radius 3 is 2.53 bits per heavy atom. The van der Waals surface area contributed by atoms with Crippen molar-refractivity contribution in [2.75, 3.05) is 0 Å². The molecule has 3 heteroatoms. The van der Waals surface area contributed by atoms with Crippen molar-refractivity contribution in [2.45, 2.75) is 26.4 Å². The number of hydrogen-bond donors (Lipinski definition) is 2. The highest BCUT2D eigenvalue weighted by atomic mass is 35.5. The van der Waals surface area contributed by atoms with Crippen LogP contribution in [0.4, 0.5) is 0 Å². The van der Waals surface area contributed by atoms with Gasteiger partial charge < -0.3 is 10.1 Å². The van der Waals surface area contributed by atoms with Gasteiger partial charge in [-0.25, -0.2) is 0 Å². The zero-order valence-electron chi connectivity index (χ0n) is 9.06. The third kappa shape index (κ3) is 1.87. The van der Waals surface area contributed by atoms with Crippen LogP contribution in [0.2, 0.25) is 5.02 Å². The molecule has 0 unspecified atom stereocenters. The molecule has 0 bridgehead atoms. The van der Waals surface area contributed by atoms with Gasteiger partial charge in [0.15, 0.2) is 0 Å². The Bertz CT molecular complexity index is 508. The van der Waals surface area contributed by atoms with Gasteiger partial charge in [-0.3, -0.25) is 0 Å². The Labute approximate surface area is 93.9 Å². The molecular weight excluding hydrogens is 210 g/mol. The summed E-state index contributed by atoms with van der Waals surface area (Å²) in [5.74, 6) is 0. The first-order valence-corrected chi connectivity index (χ1v) is 5.27. The van der Waals surface area contributed by atoms with Crippen molar-refractivity contribution in [2.24, 2.45) is 0 Å². The maximum atomic E-state index is 9.94. The van der Waals surface area contributed by atoms with Crippen LogP contribution in [-0.4, -0.2) is 10.1 Å². The summed E-state index contributed by atoms with van der Waals surface area (Å²) < 4.78 is 0. The van der Waals surface area contributed by atoms with Crippen LogP contribution in [0.3, 0.4) is 0 Å². The van der Waals surface area contributed by atoms with Crippen molar-refractivity contribution in [3.63, 3.8) is 0 Å². The van der Waals surface area contributed by atoms with Gasteiger partial charge in [-0.05, 0) is 39.0 Å². The van der Waals surface area contributed by atoms with Gasteiger partial charge in [0.2, 0.25) is 0 Å². The van der Waals surface area contributed by atoms with E-state index in [9.17, 15) is 5.11 Å². The number of aryl methyl sites for hydroxylation is 1. The van der Waals surface area contributed by atoms with Crippen LogP contribution in [0.15, 0.2) is 18.2 Å². The number of hydrogen-bond acceptors (Lipinski definition) is 1. The number of nitrogens with one attached hydrogen (secondary N) is 1. The van der Waals surface area contributed by atoms with Crippen LogP contribution < -0.4 is 0 Å². The molecule has 0 saturated heterocycles. The van der Waals surface area contributed by atoms with E-state index in [0.29, 0.717) is 5.02 Å². The molecule has 2 nitrogen and oxygen atoms in total. The molecule has 2 aromatic rings. The van der Waals surface area contributed by atoms with Crippen molar-refractivity contribution in [3.8, 4) is 0 Å². The Morgan fingerprint density at radius 1 is 1.27 bits per heavy atom. The maximum Gasteiger partial charge on any atom is 0.0855 e. The van der Waals surface area contributed by atoms with Crippen molar-refractivity contribution in [1.29, 1.82) is 0 Å². The van der Waals surface area contributed by atoms with Gasteiger partial charge in [0.25, 0.3) is 0 Å². The first-order chi connectivity index (χ1) is 6.88. The SMILES string of the molecule is Cc1cc2cc(Cl)c(C(C)(C)O)cc2[nH]1. The topological polar surface area (TPSA) is 36.0 Å². The lowest BCUT2D eigenvalue weighted by Gasteiger charge is -2.19. The molecule has 0 spiro atoms. The zero-order valence-corrected chi connectivity index (χ0v) is 9.81. The van der Waals surface area contributed by atoms with Gasteiger partial charge in [0, 0.05) is 27.2 Å². The predicted molar refractivity (Wildman–Crippen MR) is 63.3 cm³/mol. The van der Waals surface area contributed by atoms with Gasteiger partial charge in [-0.1, -0.05) is 11.6 Å². The van der Waals surface area contributed by atoms with E-state index in [1.165, 1.54) is 0 Å². The molecule has 0 aliphatic rings. The van der Waals surface area contributed by atoms with E-state index in [1.54, 1.807) is 13.8 Å². The predicted octanol–water partition coefficient (Wildman–Crippen LogP) is 3.36. The molecule has 0 amide bonds. The minimum Gasteiger partial charge on any atom is -0.386 e. The minimum absolute atomic E-state index is 0.606. The molecule has 2 N–H and O–H groups in total. The number of aromatic amines is 1. The molecule has 2 rings (SSSR count). The smallest absolute Gasteiger partial charge is 0.0855 e. The summed E-state index contributed by atoms with van der Waals surface area (Å²) in [5.41, 5.74) is 1.94. The number of aromatic nitrogens is 1. The highest BCUT2D eigenvalue weighted by Crippen LogP contribution is 2.31. The largest absolute Gasteiger partial charge is 0.386 e. The molecule has 0 aliphatic heterocycles. The molecule has 0 fully saturated rings. The van der Waals surface area contributed by atoms with E-state index in [1.807, 2.05) is 25.1 Å². The second kappa shape index (κ2) is 3.26. The van der Waals surface area contributed by atoms with Crippen molar-refractivity contribution < 1.29 is 5.11 Å². The number of halogens is 1. The number of rotatable bonds is 1. The van der Waals surface area contributed by atoms with Crippen LogP contribution >= 0.6 is 11.6 Å². The Hall–Kier alpha value is -0.990. The minimum atomic E-state index is -0.912. The second-order valence-corrected chi connectivity index (χ2v) is 4.84. The van der Waals surface area contributed by atoms with Crippen LogP contribution in [0.5, 0.6) is 0 Å². The number of benzene rings is 1. The van der Waals surface area contributed by atoms with E-state index in [2.05, 4.69) is 4.98 Å². The summed E-state index contributed by atoms with van der Waals surface area (Å²) in [7, 11) is 0. The third-order valence-corrected chi connectivity index (χ3v) is 2.81. The molecular formula is C12H14ClNO. The highest BCUT2D eigenvalue weighted by Gasteiger charge is 2.20. The molecule has 1 heterocycles. The number of aliphatic hydroxyl groups is 1. The molecule has 15 heavy (non-hydrogen) atoms. The average molecular weight is 224 g/mol. The average Bonchev–Trinajstić information content (AvgIpc) is 2.40. The van der Waals surface area contributed by atoms with E-state index in [-0.39, 0.29) is 0 Å². The third-order valence-electron chi connectivity index (χ3n) is 2.50. The molecule has 0 atom stereocenters. The van der Waals surface area contributed by atoms with Crippen LogP contribution in [0, 0.1) is 6.92 Å². The summed E-state index contributed by atoms with van der Waals surface area (Å²) in [4.78, 5) is 3.23. The molecule has 1 aromatic heterocycles. The highest BCUT2D eigenvalue weighted by molar-refractivity contribution is 6.32. The van der Waals surface area contributed by atoms with Gasteiger partial charge in [-0.2, -0.15) is 0 Å². The fraction of sp³-hybridized carbons (Fsp3) is 0.333. The number of H-pyrrole nitrogens is 1. The Balaban J connectivity index is 2.72. The second-order valence-electron chi connectivity index (χ2n) is 4.43. The maximum absolute atomic E-state index is 9.94. The van der Waals surface area contributed by atoms with Gasteiger partial charge in [0.1, 0.15) is 0 Å². The van der Waals surface area contributed by atoms with Crippen molar-refractivity contribution in [3.05, 3.63) is 34.5 Å². The number of fused-ring (bicyclic) bond motifs is 1. The summed E-state index contributed by atoms with van der Waals surface area (Å²) in [5, 5.41) is 11.6. The Kier molecular flexibility index (Phi) is 2.28. The van der Waals surface area contributed by atoms with E-state index < -0.39 is 5.60 Å². The fourth-order valence-corrected chi connectivity index (χ4v) is 2.17. The van der Waals surface area contributed by atoms with Gasteiger partial charge in [0.05, 0.1) is 5.60 Å². The van der Waals surface area contributed by atoms with E-state index in [0.717, 1.165) is 22.2 Å². The van der Waals surface area contributed by atoms with Crippen LogP contribution in [-0.2, 0) is 5.60 Å². The lowest BCUT2D eigenvalue weighted by molar-refractivity contribution is 0.0788. The first-order valence-electron chi connectivity index (χ1n) is 4.89. The summed E-state index contributed by atoms with van der Waals surface area (Å²) >= 11 is 6.12. The molecule has 80 valence electrons. The summed E-state index contributed by atoms with van der Waals surface area (Å²) in [6.07, 6.45) is 0. The van der Waals surface area contributed by atoms with Gasteiger partial charge in [-0.15, -0.1) is 0 Å². The van der Waals surface area contributed by atoms with Crippen LogP contribution in [0.1, 0.15) is 25.1 Å². The Morgan fingerprint density at radius 2 is 1.93 bits per heavy atom. The van der Waals surface area contributed by atoms with E-state index in [4.69, 9.17) is 11.6 Å². The fourth-order valence-electron chi connectivity index (χ4n) is 1.77. The van der Waals surface area contributed by atoms with E-state index >= 15 is 0 Å². The monoisotopic (exact) mass is 223 g/mol. The molecule has 0 aliphatic carbocycles. The zero-order chi connectivity index (χ0) is 11.2.